The molecule has 0 bridgehead atoms. The van der Waals surface area contributed by atoms with Crippen LogP contribution in [-0.2, 0) is 0 Å². The number of carbonyl (C=O) groups is 1. The van der Waals surface area contributed by atoms with E-state index in [9.17, 15) is 4.79 Å². The van der Waals surface area contributed by atoms with Gasteiger partial charge in [-0.2, -0.15) is 0 Å². The van der Waals surface area contributed by atoms with Gasteiger partial charge in [0.05, 0.1) is 5.52 Å². The maximum absolute atomic E-state index is 12.8. The predicted molar refractivity (Wildman–Crippen MR) is 105 cm³/mol. The van der Waals surface area contributed by atoms with Gasteiger partial charge < -0.3 is 10.2 Å². The summed E-state index contributed by atoms with van der Waals surface area (Å²) in [5.74, 6) is 0.0633. The third-order valence-corrected chi connectivity index (χ3v) is 4.94. The van der Waals surface area contributed by atoms with Crippen LogP contribution >= 0.6 is 24.8 Å². The minimum atomic E-state index is 0. The van der Waals surface area contributed by atoms with Crippen molar-refractivity contribution in [1.82, 2.24) is 20.1 Å². The van der Waals surface area contributed by atoms with Crippen LogP contribution < -0.4 is 5.32 Å². The van der Waals surface area contributed by atoms with Crippen molar-refractivity contribution in [2.45, 2.75) is 12.5 Å². The number of piperazine rings is 1. The van der Waals surface area contributed by atoms with Gasteiger partial charge in [0.15, 0.2) is 0 Å². The minimum absolute atomic E-state index is 0. The summed E-state index contributed by atoms with van der Waals surface area (Å²) in [4.78, 5) is 21.8. The van der Waals surface area contributed by atoms with E-state index in [4.69, 9.17) is 0 Å². The monoisotopic (exact) mass is 382 g/mol. The van der Waals surface area contributed by atoms with E-state index in [0.717, 1.165) is 56.6 Å². The van der Waals surface area contributed by atoms with Gasteiger partial charge in [0.25, 0.3) is 5.91 Å². The van der Waals surface area contributed by atoms with Crippen molar-refractivity contribution in [2.24, 2.45) is 0 Å². The van der Waals surface area contributed by atoms with Crippen LogP contribution in [0.15, 0.2) is 36.4 Å². The Bertz CT molecular complexity index is 721. The largest absolute Gasteiger partial charge is 0.336 e. The number of nitrogens with zero attached hydrogens (tertiary/aromatic N) is 3. The average molecular weight is 383 g/mol. The normalized spacial score (nSPS) is 20.8. The molecule has 1 unspecified atom stereocenters. The van der Waals surface area contributed by atoms with Gasteiger partial charge in [0.1, 0.15) is 5.69 Å². The molecule has 0 saturated carbocycles. The Morgan fingerprint density at radius 3 is 2.60 bits per heavy atom. The topological polar surface area (TPSA) is 48.5 Å². The van der Waals surface area contributed by atoms with Crippen molar-refractivity contribution < 1.29 is 4.79 Å². The van der Waals surface area contributed by atoms with E-state index in [0.29, 0.717) is 11.7 Å². The maximum atomic E-state index is 12.8. The van der Waals surface area contributed by atoms with E-state index < -0.39 is 0 Å². The van der Waals surface area contributed by atoms with Crippen molar-refractivity contribution in [2.75, 3.05) is 39.3 Å². The number of para-hydroxylation sites is 1. The fourth-order valence-corrected chi connectivity index (χ4v) is 3.62. The molecule has 4 rings (SSSR count). The number of benzene rings is 1. The SMILES string of the molecule is Cl.Cl.O=C(c1ccc2ccccc2n1)N1CCC(N2CCNCC2)C1. The molecule has 1 aromatic carbocycles. The maximum Gasteiger partial charge on any atom is 0.272 e. The number of likely N-dealkylation sites (tertiary alicyclic amines) is 1. The van der Waals surface area contributed by atoms with Gasteiger partial charge in [-0.25, -0.2) is 4.98 Å². The predicted octanol–water partition coefficient (Wildman–Crippen LogP) is 2.20. The zero-order chi connectivity index (χ0) is 15.6. The van der Waals surface area contributed by atoms with E-state index in [1.54, 1.807) is 0 Å². The molecule has 0 aliphatic carbocycles. The second kappa shape index (κ2) is 8.81. The van der Waals surface area contributed by atoms with Gasteiger partial charge in [-0.3, -0.25) is 9.69 Å². The van der Waals surface area contributed by atoms with E-state index >= 15 is 0 Å². The molecular formula is C18H24Cl2N4O. The zero-order valence-electron chi connectivity index (χ0n) is 14.1. The first-order valence-corrected chi connectivity index (χ1v) is 8.41. The summed E-state index contributed by atoms with van der Waals surface area (Å²) in [5, 5.41) is 4.46. The van der Waals surface area contributed by atoms with Gasteiger partial charge in [-0.15, -0.1) is 24.8 Å². The van der Waals surface area contributed by atoms with Crippen LogP contribution in [0.2, 0.25) is 0 Å². The van der Waals surface area contributed by atoms with Crippen molar-refractivity contribution >= 4 is 41.6 Å². The van der Waals surface area contributed by atoms with Crippen molar-refractivity contribution in [3.63, 3.8) is 0 Å². The number of halogens is 2. The first-order valence-electron chi connectivity index (χ1n) is 8.41. The Kier molecular flexibility index (Phi) is 7.02. The molecule has 2 saturated heterocycles. The number of amides is 1. The van der Waals surface area contributed by atoms with E-state index in [2.05, 4.69) is 15.2 Å². The molecule has 7 heteroatoms. The zero-order valence-corrected chi connectivity index (χ0v) is 15.7. The van der Waals surface area contributed by atoms with E-state index in [1.165, 1.54) is 0 Å². The summed E-state index contributed by atoms with van der Waals surface area (Å²) in [7, 11) is 0. The van der Waals surface area contributed by atoms with Crippen LogP contribution in [0.4, 0.5) is 0 Å². The van der Waals surface area contributed by atoms with Crippen LogP contribution in [0.3, 0.4) is 0 Å². The van der Waals surface area contributed by atoms with Crippen LogP contribution in [0.5, 0.6) is 0 Å². The molecule has 0 radical (unpaired) electrons. The number of hydrogen-bond acceptors (Lipinski definition) is 4. The molecule has 25 heavy (non-hydrogen) atoms. The summed E-state index contributed by atoms with van der Waals surface area (Å²) < 4.78 is 0. The summed E-state index contributed by atoms with van der Waals surface area (Å²) >= 11 is 0. The third kappa shape index (κ3) is 4.23. The second-order valence-corrected chi connectivity index (χ2v) is 6.37. The number of pyridine rings is 1. The molecular weight excluding hydrogens is 359 g/mol. The molecule has 2 fully saturated rings. The molecule has 5 nitrogen and oxygen atoms in total. The fourth-order valence-electron chi connectivity index (χ4n) is 3.62. The standard InChI is InChI=1S/C18H22N4O.2ClH/c23-18(17-6-5-14-3-1-2-4-16(14)20-17)22-10-7-15(13-22)21-11-8-19-9-12-21;;/h1-6,15,19H,7-13H2;2*1H. The molecule has 0 spiro atoms. The molecule has 136 valence electrons. The van der Waals surface area contributed by atoms with Crippen LogP contribution in [0.1, 0.15) is 16.9 Å². The van der Waals surface area contributed by atoms with Crippen molar-refractivity contribution in [3.05, 3.63) is 42.1 Å². The molecule has 1 aromatic heterocycles. The fraction of sp³-hybridized carbons (Fsp3) is 0.444. The van der Waals surface area contributed by atoms with Gasteiger partial charge in [0, 0.05) is 50.7 Å². The molecule has 2 aliphatic heterocycles. The Hall–Kier alpha value is -1.40. The number of fused-ring (bicyclic) bond motifs is 1. The Balaban J connectivity index is 0.00000113. The highest BCUT2D eigenvalue weighted by Gasteiger charge is 2.31. The molecule has 1 atom stereocenters. The lowest BCUT2D eigenvalue weighted by Gasteiger charge is -2.32. The summed E-state index contributed by atoms with van der Waals surface area (Å²) in [6, 6.07) is 12.3. The molecule has 3 heterocycles. The summed E-state index contributed by atoms with van der Waals surface area (Å²) in [5.41, 5.74) is 1.45. The Labute approximate surface area is 160 Å². The Morgan fingerprint density at radius 1 is 1.04 bits per heavy atom. The minimum Gasteiger partial charge on any atom is -0.336 e. The number of nitrogens with one attached hydrogen (secondary N) is 1. The van der Waals surface area contributed by atoms with E-state index in [-0.39, 0.29) is 30.7 Å². The van der Waals surface area contributed by atoms with Crippen molar-refractivity contribution in [1.29, 1.82) is 0 Å². The Morgan fingerprint density at radius 2 is 1.80 bits per heavy atom. The number of rotatable bonds is 2. The molecule has 1 amide bonds. The average Bonchev–Trinajstić information content (AvgIpc) is 3.11. The second-order valence-electron chi connectivity index (χ2n) is 6.37. The molecule has 1 N–H and O–H groups in total. The highest BCUT2D eigenvalue weighted by molar-refractivity contribution is 5.95. The smallest absolute Gasteiger partial charge is 0.272 e. The van der Waals surface area contributed by atoms with Gasteiger partial charge in [-0.1, -0.05) is 24.3 Å². The quantitative estimate of drug-likeness (QED) is 0.864. The van der Waals surface area contributed by atoms with E-state index in [1.807, 2.05) is 41.3 Å². The van der Waals surface area contributed by atoms with Crippen LogP contribution in [0, 0.1) is 0 Å². The molecule has 2 aromatic rings. The third-order valence-electron chi connectivity index (χ3n) is 4.94. The van der Waals surface area contributed by atoms with Gasteiger partial charge >= 0.3 is 0 Å². The van der Waals surface area contributed by atoms with Gasteiger partial charge in [-0.05, 0) is 18.6 Å². The lowest BCUT2D eigenvalue weighted by molar-refractivity contribution is 0.0768. The van der Waals surface area contributed by atoms with Crippen LogP contribution in [0.25, 0.3) is 10.9 Å². The summed E-state index contributed by atoms with van der Waals surface area (Å²) in [6.45, 7) is 5.93. The lowest BCUT2D eigenvalue weighted by atomic mass is 10.2. The first-order chi connectivity index (χ1) is 11.3. The van der Waals surface area contributed by atoms with Crippen molar-refractivity contribution in [3.8, 4) is 0 Å². The summed E-state index contributed by atoms with van der Waals surface area (Å²) in [6.07, 6.45) is 1.07. The van der Waals surface area contributed by atoms with Crippen LogP contribution in [-0.4, -0.2) is 66.0 Å². The first kappa shape index (κ1) is 19.9. The number of aromatic nitrogens is 1. The molecule has 2 aliphatic rings. The lowest BCUT2D eigenvalue weighted by Crippen LogP contribution is -2.49. The highest BCUT2D eigenvalue weighted by atomic mass is 35.5. The van der Waals surface area contributed by atoms with Gasteiger partial charge in [0.2, 0.25) is 0 Å². The highest BCUT2D eigenvalue weighted by Crippen LogP contribution is 2.19. The number of carbonyl (C=O) groups excluding carboxylic acids is 1. The number of hydrogen-bond donors (Lipinski definition) is 1.